The molecular weight excluding hydrogens is 325 g/mol. The van der Waals surface area contributed by atoms with Crippen LogP contribution in [-0.4, -0.2) is 33.2 Å². The number of aromatic nitrogens is 1. The molecule has 1 aromatic carbocycles. The third kappa shape index (κ3) is 2.94. The Labute approximate surface area is 145 Å². The molecule has 2 atom stereocenters. The highest BCUT2D eigenvalue weighted by molar-refractivity contribution is 8.00. The minimum Gasteiger partial charge on any atom is -0.387 e. The number of aryl methyl sites for hydroxylation is 1. The summed E-state index contributed by atoms with van der Waals surface area (Å²) in [7, 11) is 0. The van der Waals surface area contributed by atoms with E-state index in [0.717, 1.165) is 24.2 Å². The maximum absolute atomic E-state index is 13.8. The van der Waals surface area contributed by atoms with Gasteiger partial charge in [0.2, 0.25) is 0 Å². The average Bonchev–Trinajstić information content (AvgIpc) is 2.56. The molecule has 3 rings (SSSR count). The van der Waals surface area contributed by atoms with Crippen LogP contribution in [-0.2, 0) is 0 Å². The highest BCUT2D eigenvalue weighted by Crippen LogP contribution is 2.41. The van der Waals surface area contributed by atoms with Gasteiger partial charge in [-0.15, -0.1) is 0 Å². The van der Waals surface area contributed by atoms with Gasteiger partial charge in [0.1, 0.15) is 11.9 Å². The van der Waals surface area contributed by atoms with Crippen LogP contribution in [0.25, 0.3) is 10.9 Å². The second kappa shape index (κ2) is 6.58. The van der Waals surface area contributed by atoms with E-state index in [0.29, 0.717) is 28.7 Å². The molecule has 4 nitrogen and oxygen atoms in total. The molecular formula is C18H20FN3OS. The quantitative estimate of drug-likeness (QED) is 0.866. The fraction of sp³-hybridized carbons (Fsp3) is 0.444. The van der Waals surface area contributed by atoms with Gasteiger partial charge in [0.05, 0.1) is 22.4 Å². The highest BCUT2D eigenvalue weighted by atomic mass is 32.2. The van der Waals surface area contributed by atoms with Crippen LogP contribution in [0.5, 0.6) is 0 Å². The van der Waals surface area contributed by atoms with E-state index in [1.54, 1.807) is 18.7 Å². The number of nitrogens with zero attached hydrogens (tertiary/aromatic N) is 2. The zero-order valence-corrected chi connectivity index (χ0v) is 14.6. The lowest BCUT2D eigenvalue weighted by molar-refractivity contribution is -0.0119. The molecule has 2 aromatic rings. The number of anilines is 1. The smallest absolute Gasteiger partial charge is 0.124 e. The number of hydrogen-bond acceptors (Lipinski definition) is 5. The van der Waals surface area contributed by atoms with Gasteiger partial charge in [-0.2, -0.15) is 17.0 Å². The van der Waals surface area contributed by atoms with E-state index in [2.05, 4.69) is 23.3 Å². The van der Waals surface area contributed by atoms with Crippen LogP contribution >= 0.6 is 11.8 Å². The van der Waals surface area contributed by atoms with Crippen molar-refractivity contribution < 1.29 is 9.50 Å². The predicted octanol–water partition coefficient (Wildman–Crippen LogP) is 3.61. The lowest BCUT2D eigenvalue weighted by atomic mass is 9.79. The van der Waals surface area contributed by atoms with Crippen molar-refractivity contribution in [3.05, 3.63) is 35.3 Å². The molecule has 1 aliphatic rings. The number of fused-ring (bicyclic) bond motifs is 1. The summed E-state index contributed by atoms with van der Waals surface area (Å²) >= 11 is 1.75. The summed E-state index contributed by atoms with van der Waals surface area (Å²) in [4.78, 5) is 4.28. The first-order chi connectivity index (χ1) is 11.5. The summed E-state index contributed by atoms with van der Waals surface area (Å²) in [5.74, 6) is 0.598. The minimum atomic E-state index is -0.786. The highest BCUT2D eigenvalue weighted by Gasteiger charge is 2.45. The Hall–Kier alpha value is -1.84. The van der Waals surface area contributed by atoms with E-state index in [1.807, 2.05) is 0 Å². The van der Waals surface area contributed by atoms with Crippen molar-refractivity contribution in [2.45, 2.75) is 37.5 Å². The van der Waals surface area contributed by atoms with Gasteiger partial charge >= 0.3 is 0 Å². The van der Waals surface area contributed by atoms with Gasteiger partial charge in [0.15, 0.2) is 0 Å². The Morgan fingerprint density at radius 1 is 1.54 bits per heavy atom. The van der Waals surface area contributed by atoms with Gasteiger partial charge in [-0.3, -0.25) is 4.98 Å². The molecule has 0 spiro atoms. The summed E-state index contributed by atoms with van der Waals surface area (Å²) in [6, 6.07) is 4.92. The summed E-state index contributed by atoms with van der Waals surface area (Å²) in [5.41, 5.74) is 1.50. The van der Waals surface area contributed by atoms with E-state index in [9.17, 15) is 14.8 Å². The van der Waals surface area contributed by atoms with Crippen molar-refractivity contribution in [1.82, 2.24) is 4.98 Å². The van der Waals surface area contributed by atoms with E-state index in [4.69, 9.17) is 0 Å². The van der Waals surface area contributed by atoms with Gasteiger partial charge in [-0.1, -0.05) is 6.92 Å². The van der Waals surface area contributed by atoms with Crippen LogP contribution in [0.1, 0.15) is 30.9 Å². The van der Waals surface area contributed by atoms with E-state index >= 15 is 0 Å². The van der Waals surface area contributed by atoms with Gasteiger partial charge in [-0.05, 0) is 43.2 Å². The third-order valence-electron chi connectivity index (χ3n) is 4.63. The van der Waals surface area contributed by atoms with Crippen LogP contribution < -0.4 is 5.32 Å². The number of pyridine rings is 1. The Bertz CT molecular complexity index is 820. The molecule has 1 heterocycles. The Kier molecular flexibility index (Phi) is 4.66. The molecule has 1 saturated carbocycles. The van der Waals surface area contributed by atoms with Crippen LogP contribution in [0, 0.1) is 24.1 Å². The van der Waals surface area contributed by atoms with Crippen LogP contribution in [0.3, 0.4) is 0 Å². The van der Waals surface area contributed by atoms with Gasteiger partial charge in [0, 0.05) is 23.4 Å². The van der Waals surface area contributed by atoms with E-state index in [-0.39, 0.29) is 11.1 Å². The fourth-order valence-electron chi connectivity index (χ4n) is 3.19. The molecule has 1 aromatic heterocycles. The first kappa shape index (κ1) is 17.0. The van der Waals surface area contributed by atoms with Gasteiger partial charge < -0.3 is 10.4 Å². The number of rotatable bonds is 5. The number of nitrogens with one attached hydrogen (secondary N) is 1. The molecule has 1 aliphatic carbocycles. The maximum atomic E-state index is 13.8. The first-order valence-corrected chi connectivity index (χ1v) is 9.10. The van der Waals surface area contributed by atoms with E-state index < -0.39 is 5.60 Å². The zero-order valence-electron chi connectivity index (χ0n) is 13.8. The Morgan fingerprint density at radius 3 is 2.96 bits per heavy atom. The summed E-state index contributed by atoms with van der Waals surface area (Å²) < 4.78 is 13.8. The van der Waals surface area contributed by atoms with Crippen LogP contribution in [0.4, 0.5) is 10.1 Å². The second-order valence-corrected chi connectivity index (χ2v) is 7.70. The summed E-state index contributed by atoms with van der Waals surface area (Å²) in [5, 5.41) is 24.1. The van der Waals surface area contributed by atoms with Crippen molar-refractivity contribution in [1.29, 1.82) is 5.26 Å². The summed E-state index contributed by atoms with van der Waals surface area (Å²) in [6.45, 7) is 4.21. The molecule has 0 radical (unpaired) electrons. The standard InChI is InChI=1S/C18H20FN3OS/c1-3-24-15-4-5-18(15,23)10-22-17-12(8-20)9-21-16-11(2)6-13(19)7-14(16)17/h6-7,9,15,23H,3-5,10H2,1-2H3,(H,21,22). The first-order valence-electron chi connectivity index (χ1n) is 8.05. The monoisotopic (exact) mass is 345 g/mol. The number of nitriles is 1. The minimum absolute atomic E-state index is 0.201. The fourth-order valence-corrected chi connectivity index (χ4v) is 4.39. The topological polar surface area (TPSA) is 68.9 Å². The summed E-state index contributed by atoms with van der Waals surface area (Å²) in [6.07, 6.45) is 3.22. The van der Waals surface area contributed by atoms with Gasteiger partial charge in [-0.25, -0.2) is 4.39 Å². The third-order valence-corrected chi connectivity index (χ3v) is 6.04. The largest absolute Gasteiger partial charge is 0.387 e. The van der Waals surface area contributed by atoms with Crippen molar-refractivity contribution in [2.75, 3.05) is 17.6 Å². The van der Waals surface area contributed by atoms with Crippen molar-refractivity contribution in [3.8, 4) is 6.07 Å². The maximum Gasteiger partial charge on any atom is 0.124 e. The molecule has 0 amide bonds. The number of thioether (sulfide) groups is 1. The lowest BCUT2D eigenvalue weighted by Crippen LogP contribution is -2.54. The molecule has 1 fully saturated rings. The number of benzene rings is 1. The van der Waals surface area contributed by atoms with Crippen molar-refractivity contribution in [3.63, 3.8) is 0 Å². The van der Waals surface area contributed by atoms with E-state index in [1.165, 1.54) is 18.3 Å². The molecule has 6 heteroatoms. The molecule has 0 bridgehead atoms. The molecule has 0 saturated heterocycles. The average molecular weight is 345 g/mol. The molecule has 24 heavy (non-hydrogen) atoms. The van der Waals surface area contributed by atoms with Crippen LogP contribution in [0.15, 0.2) is 18.3 Å². The molecule has 2 unspecified atom stereocenters. The Balaban J connectivity index is 1.95. The number of aliphatic hydroxyl groups is 1. The molecule has 2 N–H and O–H groups in total. The SMILES string of the molecule is CCSC1CCC1(O)CNc1c(C#N)cnc2c(C)cc(F)cc12. The number of hydrogen-bond donors (Lipinski definition) is 2. The number of halogens is 1. The molecule has 0 aliphatic heterocycles. The lowest BCUT2D eigenvalue weighted by Gasteiger charge is -2.45. The van der Waals surface area contributed by atoms with Crippen molar-refractivity contribution >= 4 is 28.4 Å². The van der Waals surface area contributed by atoms with Crippen molar-refractivity contribution in [2.24, 2.45) is 0 Å². The zero-order chi connectivity index (χ0) is 17.3. The van der Waals surface area contributed by atoms with Gasteiger partial charge in [0.25, 0.3) is 0 Å². The Morgan fingerprint density at radius 2 is 2.33 bits per heavy atom. The molecule has 126 valence electrons. The predicted molar refractivity (Wildman–Crippen MR) is 95.7 cm³/mol. The van der Waals surface area contributed by atoms with Crippen LogP contribution in [0.2, 0.25) is 0 Å². The second-order valence-electron chi connectivity index (χ2n) is 6.22. The normalized spacial score (nSPS) is 22.9.